The van der Waals surface area contributed by atoms with Gasteiger partial charge in [-0.1, -0.05) is 0 Å². The fraction of sp³-hybridized carbons (Fsp3) is 1.00. The predicted molar refractivity (Wildman–Crippen MR) is 34.8 cm³/mol. The van der Waals surface area contributed by atoms with Gasteiger partial charge in [0.05, 0.1) is 6.61 Å². The minimum absolute atomic E-state index is 0.572. The first-order valence-electron chi connectivity index (χ1n) is 2.77. The zero-order chi connectivity index (χ0) is 9.12. The Kier molecular flexibility index (Phi) is 3.63. The van der Waals surface area contributed by atoms with E-state index in [4.69, 9.17) is 0 Å². The fourth-order valence-electron chi connectivity index (χ4n) is 0.236. The van der Waals surface area contributed by atoms with Crippen molar-refractivity contribution in [3.8, 4) is 0 Å². The molecule has 0 saturated carbocycles. The van der Waals surface area contributed by atoms with Crippen molar-refractivity contribution < 1.29 is 21.7 Å². The van der Waals surface area contributed by atoms with Crippen molar-refractivity contribution >= 4 is 12.0 Å². The lowest BCUT2D eigenvalue weighted by Crippen LogP contribution is -2.19. The molecule has 0 aromatic rings. The molecule has 0 aromatic carbocycles. The molecule has 0 unspecified atom stereocenters. The standard InChI is InChI=1S/C5H8F4OS/c1-4(2,6)3-10-11-5(7,8)9/h3H2,1-2H3. The smallest absolute Gasteiger partial charge is 0.305 e. The van der Waals surface area contributed by atoms with Gasteiger partial charge in [-0.05, 0) is 13.8 Å². The van der Waals surface area contributed by atoms with Crippen molar-refractivity contribution in [3.63, 3.8) is 0 Å². The zero-order valence-electron chi connectivity index (χ0n) is 6.04. The summed E-state index contributed by atoms with van der Waals surface area (Å²) in [4.78, 5) is 0. The maximum atomic E-state index is 12.5. The van der Waals surface area contributed by atoms with E-state index in [9.17, 15) is 17.6 Å². The van der Waals surface area contributed by atoms with E-state index in [0.717, 1.165) is 13.8 Å². The van der Waals surface area contributed by atoms with Crippen LogP contribution >= 0.6 is 12.0 Å². The van der Waals surface area contributed by atoms with E-state index in [2.05, 4.69) is 4.18 Å². The molecule has 0 heterocycles. The average molecular weight is 192 g/mol. The van der Waals surface area contributed by atoms with E-state index in [1.165, 1.54) is 0 Å². The van der Waals surface area contributed by atoms with E-state index in [0.29, 0.717) is 0 Å². The molecule has 1 nitrogen and oxygen atoms in total. The van der Waals surface area contributed by atoms with Crippen LogP contribution in [0.15, 0.2) is 0 Å². The van der Waals surface area contributed by atoms with E-state index in [1.54, 1.807) is 0 Å². The highest BCUT2D eigenvalue weighted by Crippen LogP contribution is 2.31. The van der Waals surface area contributed by atoms with Gasteiger partial charge in [0, 0.05) is 0 Å². The lowest BCUT2D eigenvalue weighted by molar-refractivity contribution is -0.0414. The highest BCUT2D eigenvalue weighted by atomic mass is 32.2. The van der Waals surface area contributed by atoms with Gasteiger partial charge in [0.2, 0.25) is 0 Å². The summed E-state index contributed by atoms with van der Waals surface area (Å²) in [5, 5.41) is 0. The first-order chi connectivity index (χ1) is 4.71. The van der Waals surface area contributed by atoms with Crippen LogP contribution in [0.4, 0.5) is 17.6 Å². The molecule has 11 heavy (non-hydrogen) atoms. The number of halogens is 4. The number of alkyl halides is 4. The van der Waals surface area contributed by atoms with E-state index in [1.807, 2.05) is 0 Å². The Balaban J connectivity index is 3.44. The molecule has 0 N–H and O–H groups in total. The normalized spacial score (nSPS) is 13.6. The average Bonchev–Trinajstić information content (AvgIpc) is 1.55. The lowest BCUT2D eigenvalue weighted by atomic mass is 10.2. The molecule has 0 aliphatic carbocycles. The van der Waals surface area contributed by atoms with Crippen LogP contribution in [-0.2, 0) is 4.18 Å². The van der Waals surface area contributed by atoms with Crippen LogP contribution in [0, 0.1) is 0 Å². The Morgan fingerprint density at radius 3 is 1.91 bits per heavy atom. The molecule has 0 spiro atoms. The summed E-state index contributed by atoms with van der Waals surface area (Å²) in [6, 6.07) is 0. The second-order valence-corrected chi connectivity index (χ2v) is 3.38. The van der Waals surface area contributed by atoms with Gasteiger partial charge in [-0.3, -0.25) is 0 Å². The van der Waals surface area contributed by atoms with Gasteiger partial charge in [0.1, 0.15) is 17.7 Å². The second-order valence-electron chi connectivity index (χ2n) is 2.51. The third-order valence-electron chi connectivity index (χ3n) is 0.556. The Bertz CT molecular complexity index is 103. The Hall–Kier alpha value is 0.0300. The van der Waals surface area contributed by atoms with Crippen molar-refractivity contribution in [1.29, 1.82) is 0 Å². The minimum atomic E-state index is -4.45. The largest absolute Gasteiger partial charge is 0.467 e. The molecular formula is C5H8F4OS. The monoisotopic (exact) mass is 192 g/mol. The number of hydrogen-bond acceptors (Lipinski definition) is 2. The van der Waals surface area contributed by atoms with Gasteiger partial charge in [-0.25, -0.2) is 4.39 Å². The summed E-state index contributed by atoms with van der Waals surface area (Å²) in [7, 11) is 0. The third-order valence-corrected chi connectivity index (χ3v) is 0.980. The molecule has 68 valence electrons. The van der Waals surface area contributed by atoms with Crippen LogP contribution in [-0.4, -0.2) is 17.8 Å². The Morgan fingerprint density at radius 2 is 1.64 bits per heavy atom. The summed E-state index contributed by atoms with van der Waals surface area (Å²) in [6.07, 6.45) is 0. The summed E-state index contributed by atoms with van der Waals surface area (Å²) < 4.78 is 50.5. The molecule has 0 fully saturated rings. The van der Waals surface area contributed by atoms with Crippen LogP contribution in [0.5, 0.6) is 0 Å². The molecule has 0 amide bonds. The Morgan fingerprint density at radius 1 is 1.18 bits per heavy atom. The SMILES string of the molecule is CC(C)(F)COSC(F)(F)F. The van der Waals surface area contributed by atoms with E-state index < -0.39 is 29.8 Å². The fourth-order valence-corrected chi connectivity index (χ4v) is 0.709. The summed E-state index contributed by atoms with van der Waals surface area (Å²) in [5.74, 6) is 0. The highest BCUT2D eigenvalue weighted by Gasteiger charge is 2.31. The summed E-state index contributed by atoms with van der Waals surface area (Å²) >= 11 is -0.680. The Labute approximate surface area is 66.3 Å². The summed E-state index contributed by atoms with van der Waals surface area (Å²) in [6.45, 7) is 1.71. The first kappa shape index (κ1) is 11.0. The van der Waals surface area contributed by atoms with Crippen molar-refractivity contribution in [2.75, 3.05) is 6.61 Å². The van der Waals surface area contributed by atoms with Crippen LogP contribution in [0.2, 0.25) is 0 Å². The van der Waals surface area contributed by atoms with Crippen LogP contribution in [0.1, 0.15) is 13.8 Å². The van der Waals surface area contributed by atoms with E-state index >= 15 is 0 Å². The third kappa shape index (κ3) is 10.0. The maximum Gasteiger partial charge on any atom is 0.467 e. The molecule has 0 aliphatic rings. The predicted octanol–water partition coefficient (Wildman–Crippen LogP) is 2.92. The van der Waals surface area contributed by atoms with Crippen molar-refractivity contribution in [2.45, 2.75) is 25.0 Å². The molecule has 0 aromatic heterocycles. The molecular weight excluding hydrogens is 184 g/mol. The minimum Gasteiger partial charge on any atom is -0.305 e. The van der Waals surface area contributed by atoms with Gasteiger partial charge in [0.25, 0.3) is 0 Å². The van der Waals surface area contributed by atoms with Crippen LogP contribution in [0.3, 0.4) is 0 Å². The van der Waals surface area contributed by atoms with Crippen LogP contribution in [0.25, 0.3) is 0 Å². The zero-order valence-corrected chi connectivity index (χ0v) is 6.85. The van der Waals surface area contributed by atoms with Gasteiger partial charge < -0.3 is 4.18 Å². The quantitative estimate of drug-likeness (QED) is 0.502. The van der Waals surface area contributed by atoms with Crippen molar-refractivity contribution in [3.05, 3.63) is 0 Å². The molecule has 0 atom stereocenters. The lowest BCUT2D eigenvalue weighted by Gasteiger charge is -2.13. The second kappa shape index (κ2) is 3.62. The van der Waals surface area contributed by atoms with Gasteiger partial charge >= 0.3 is 5.51 Å². The van der Waals surface area contributed by atoms with Gasteiger partial charge in [-0.2, -0.15) is 13.2 Å². The van der Waals surface area contributed by atoms with Gasteiger partial charge in [-0.15, -0.1) is 0 Å². The summed E-state index contributed by atoms with van der Waals surface area (Å²) in [5.41, 5.74) is -6.18. The molecule has 0 saturated heterocycles. The highest BCUT2D eigenvalue weighted by molar-refractivity contribution is 7.95. The molecule has 0 radical (unpaired) electrons. The number of hydrogen-bond donors (Lipinski definition) is 0. The molecule has 6 heteroatoms. The van der Waals surface area contributed by atoms with E-state index in [-0.39, 0.29) is 0 Å². The van der Waals surface area contributed by atoms with Crippen molar-refractivity contribution in [2.24, 2.45) is 0 Å². The van der Waals surface area contributed by atoms with Gasteiger partial charge in [0.15, 0.2) is 0 Å². The van der Waals surface area contributed by atoms with Crippen molar-refractivity contribution in [1.82, 2.24) is 0 Å². The molecule has 0 aliphatic heterocycles. The topological polar surface area (TPSA) is 9.23 Å². The number of rotatable bonds is 3. The molecule has 0 bridgehead atoms. The molecule has 0 rings (SSSR count). The maximum absolute atomic E-state index is 12.5. The first-order valence-corrected chi connectivity index (χ1v) is 3.51. The van der Waals surface area contributed by atoms with Crippen LogP contribution < -0.4 is 0 Å².